The summed E-state index contributed by atoms with van der Waals surface area (Å²) in [5, 5.41) is 3.21. The van der Waals surface area contributed by atoms with E-state index in [9.17, 15) is 8.42 Å². The van der Waals surface area contributed by atoms with Crippen molar-refractivity contribution in [2.24, 2.45) is 0 Å². The third kappa shape index (κ3) is 3.14. The minimum absolute atomic E-state index is 0.00463. The fourth-order valence-corrected chi connectivity index (χ4v) is 3.76. The highest BCUT2D eigenvalue weighted by Crippen LogP contribution is 2.14. The fraction of sp³-hybridized carbons (Fsp3) is 1.00. The lowest BCUT2D eigenvalue weighted by molar-refractivity contribution is 0.216. The third-order valence-electron chi connectivity index (χ3n) is 2.41. The van der Waals surface area contributed by atoms with Gasteiger partial charge in [0.1, 0.15) is 0 Å². The summed E-state index contributed by atoms with van der Waals surface area (Å²) in [5.74, 6) is 0. The lowest BCUT2D eigenvalue weighted by Crippen LogP contribution is -2.60. The van der Waals surface area contributed by atoms with Crippen molar-refractivity contribution in [3.63, 3.8) is 0 Å². The molecule has 90 valence electrons. The van der Waals surface area contributed by atoms with Crippen LogP contribution in [0.2, 0.25) is 0 Å². The highest BCUT2D eigenvalue weighted by atomic mass is 32.2. The van der Waals surface area contributed by atoms with Gasteiger partial charge in [-0.05, 0) is 27.7 Å². The van der Waals surface area contributed by atoms with E-state index in [2.05, 4.69) is 10.0 Å². The molecule has 1 heterocycles. The first-order valence-corrected chi connectivity index (χ1v) is 6.80. The standard InChI is InChI=1S/C9H21N3O2S/c1-7(2)11-15(13,14)12-8(3)5-10-6-9(12)4/h7-11H,5-6H2,1-4H3. The van der Waals surface area contributed by atoms with Crippen molar-refractivity contribution in [2.45, 2.75) is 45.8 Å². The Bertz CT molecular complexity index is 292. The predicted molar refractivity (Wildman–Crippen MR) is 60.8 cm³/mol. The smallest absolute Gasteiger partial charge is 0.280 e. The number of hydrogen-bond acceptors (Lipinski definition) is 3. The Labute approximate surface area is 92.4 Å². The van der Waals surface area contributed by atoms with Crippen molar-refractivity contribution in [3.8, 4) is 0 Å². The SMILES string of the molecule is CC(C)NS(=O)(=O)N1C(C)CNCC1C. The lowest BCUT2D eigenvalue weighted by atomic mass is 10.2. The van der Waals surface area contributed by atoms with E-state index in [1.165, 1.54) is 0 Å². The van der Waals surface area contributed by atoms with E-state index >= 15 is 0 Å². The monoisotopic (exact) mass is 235 g/mol. The molecule has 1 rings (SSSR count). The van der Waals surface area contributed by atoms with E-state index in [0.29, 0.717) is 13.1 Å². The molecule has 1 aliphatic heterocycles. The number of piperazine rings is 1. The summed E-state index contributed by atoms with van der Waals surface area (Å²) in [6.45, 7) is 8.92. The van der Waals surface area contributed by atoms with Crippen molar-refractivity contribution in [1.82, 2.24) is 14.3 Å². The molecule has 1 aliphatic rings. The van der Waals surface area contributed by atoms with E-state index < -0.39 is 10.2 Å². The minimum Gasteiger partial charge on any atom is -0.314 e. The maximum Gasteiger partial charge on any atom is 0.280 e. The molecule has 0 radical (unpaired) electrons. The van der Waals surface area contributed by atoms with Crippen LogP contribution in [-0.2, 0) is 10.2 Å². The zero-order valence-corrected chi connectivity index (χ0v) is 10.6. The highest BCUT2D eigenvalue weighted by molar-refractivity contribution is 7.87. The zero-order chi connectivity index (χ0) is 11.6. The Morgan fingerprint density at radius 2 is 1.73 bits per heavy atom. The van der Waals surface area contributed by atoms with Gasteiger partial charge < -0.3 is 5.32 Å². The van der Waals surface area contributed by atoms with Gasteiger partial charge in [0.15, 0.2) is 0 Å². The molecule has 0 aromatic rings. The Balaban J connectivity index is 2.83. The molecule has 2 N–H and O–H groups in total. The van der Waals surface area contributed by atoms with Crippen LogP contribution in [0.3, 0.4) is 0 Å². The van der Waals surface area contributed by atoms with Crippen molar-refractivity contribution in [2.75, 3.05) is 13.1 Å². The molecule has 15 heavy (non-hydrogen) atoms. The van der Waals surface area contributed by atoms with Gasteiger partial charge in [0.05, 0.1) is 0 Å². The first-order valence-electron chi connectivity index (χ1n) is 5.36. The zero-order valence-electron chi connectivity index (χ0n) is 9.82. The number of nitrogens with one attached hydrogen (secondary N) is 2. The molecule has 0 aromatic carbocycles. The average molecular weight is 235 g/mol. The van der Waals surface area contributed by atoms with Crippen LogP contribution in [0.15, 0.2) is 0 Å². The van der Waals surface area contributed by atoms with Crippen molar-refractivity contribution < 1.29 is 8.42 Å². The average Bonchev–Trinajstić information content (AvgIpc) is 1.99. The summed E-state index contributed by atoms with van der Waals surface area (Å²) in [5.41, 5.74) is 0. The van der Waals surface area contributed by atoms with Crippen LogP contribution in [0.1, 0.15) is 27.7 Å². The molecular formula is C9H21N3O2S. The molecule has 1 saturated heterocycles. The van der Waals surface area contributed by atoms with E-state index in [1.54, 1.807) is 4.31 Å². The van der Waals surface area contributed by atoms with Gasteiger partial charge in [0.25, 0.3) is 10.2 Å². The number of nitrogens with zero attached hydrogens (tertiary/aromatic N) is 1. The quantitative estimate of drug-likeness (QED) is 0.719. The summed E-state index contributed by atoms with van der Waals surface area (Å²) >= 11 is 0. The molecule has 6 heteroatoms. The van der Waals surface area contributed by atoms with Crippen molar-refractivity contribution >= 4 is 10.2 Å². The van der Waals surface area contributed by atoms with Gasteiger partial charge in [0.2, 0.25) is 0 Å². The van der Waals surface area contributed by atoms with Gasteiger partial charge in [-0.2, -0.15) is 17.4 Å². The normalized spacial score (nSPS) is 29.7. The Hall–Kier alpha value is -0.170. The van der Waals surface area contributed by atoms with Crippen LogP contribution in [0.25, 0.3) is 0 Å². The topological polar surface area (TPSA) is 61.4 Å². The number of rotatable bonds is 3. The molecule has 1 fully saturated rings. The molecule has 0 bridgehead atoms. The maximum absolute atomic E-state index is 12.0. The van der Waals surface area contributed by atoms with E-state index in [0.717, 1.165) is 0 Å². The molecule has 2 unspecified atom stereocenters. The highest BCUT2D eigenvalue weighted by Gasteiger charge is 2.34. The van der Waals surface area contributed by atoms with Gasteiger partial charge in [0, 0.05) is 31.2 Å². The van der Waals surface area contributed by atoms with Crippen molar-refractivity contribution in [1.29, 1.82) is 0 Å². The molecule has 0 aliphatic carbocycles. The summed E-state index contributed by atoms with van der Waals surface area (Å²) in [6, 6.07) is -0.0562. The second kappa shape index (κ2) is 4.78. The molecule has 2 atom stereocenters. The van der Waals surface area contributed by atoms with E-state index in [-0.39, 0.29) is 18.1 Å². The summed E-state index contributed by atoms with van der Waals surface area (Å²) in [7, 11) is -3.34. The second-order valence-electron chi connectivity index (χ2n) is 4.46. The third-order valence-corrected chi connectivity index (χ3v) is 4.45. The maximum atomic E-state index is 12.0. The fourth-order valence-electron chi connectivity index (χ4n) is 1.95. The Morgan fingerprint density at radius 3 is 2.13 bits per heavy atom. The van der Waals surface area contributed by atoms with Gasteiger partial charge >= 0.3 is 0 Å². The van der Waals surface area contributed by atoms with Crippen LogP contribution in [0, 0.1) is 0 Å². The summed E-state index contributed by atoms with van der Waals surface area (Å²) < 4.78 is 28.2. The van der Waals surface area contributed by atoms with Gasteiger partial charge in [-0.25, -0.2) is 0 Å². The first kappa shape index (κ1) is 12.9. The molecular weight excluding hydrogens is 214 g/mol. The first-order chi connectivity index (χ1) is 6.84. The predicted octanol–water partition coefficient (Wildman–Crippen LogP) is -0.0886. The van der Waals surface area contributed by atoms with E-state index in [4.69, 9.17) is 0 Å². The molecule has 0 spiro atoms. The van der Waals surface area contributed by atoms with Crippen LogP contribution in [0.4, 0.5) is 0 Å². The van der Waals surface area contributed by atoms with Crippen molar-refractivity contribution in [3.05, 3.63) is 0 Å². The molecule has 0 amide bonds. The second-order valence-corrected chi connectivity index (χ2v) is 6.07. The largest absolute Gasteiger partial charge is 0.314 e. The Kier molecular flexibility index (Phi) is 4.11. The van der Waals surface area contributed by atoms with Crippen LogP contribution in [0.5, 0.6) is 0 Å². The van der Waals surface area contributed by atoms with Gasteiger partial charge in [-0.1, -0.05) is 0 Å². The lowest BCUT2D eigenvalue weighted by Gasteiger charge is -2.38. The molecule has 5 nitrogen and oxygen atoms in total. The van der Waals surface area contributed by atoms with Gasteiger partial charge in [-0.3, -0.25) is 0 Å². The molecule has 0 aromatic heterocycles. The summed E-state index contributed by atoms with van der Waals surface area (Å²) in [6.07, 6.45) is 0. The van der Waals surface area contributed by atoms with Crippen LogP contribution >= 0.6 is 0 Å². The van der Waals surface area contributed by atoms with Gasteiger partial charge in [-0.15, -0.1) is 0 Å². The molecule has 0 saturated carbocycles. The number of hydrogen-bond donors (Lipinski definition) is 2. The minimum atomic E-state index is -3.34. The van der Waals surface area contributed by atoms with Crippen LogP contribution < -0.4 is 10.0 Å². The van der Waals surface area contributed by atoms with E-state index in [1.807, 2.05) is 27.7 Å². The summed E-state index contributed by atoms with van der Waals surface area (Å²) in [4.78, 5) is 0. The Morgan fingerprint density at radius 1 is 1.27 bits per heavy atom. The van der Waals surface area contributed by atoms with Crippen LogP contribution in [-0.4, -0.2) is 43.9 Å².